The molecule has 186 valence electrons. The van der Waals surface area contributed by atoms with Crippen LogP contribution in [-0.4, -0.2) is 52.6 Å². The fraction of sp³-hybridized carbons (Fsp3) is 0.286. The van der Waals surface area contributed by atoms with Gasteiger partial charge < -0.3 is 20.1 Å². The summed E-state index contributed by atoms with van der Waals surface area (Å²) < 4.78 is 13.6. The molecule has 0 radical (unpaired) electrons. The van der Waals surface area contributed by atoms with Crippen LogP contribution in [0, 0.1) is 0 Å². The largest absolute Gasteiger partial charge is 0.457 e. The average molecular weight is 486 g/mol. The molecule has 0 bridgehead atoms. The van der Waals surface area contributed by atoms with E-state index in [1.807, 2.05) is 71.5 Å². The first-order valence-electron chi connectivity index (χ1n) is 12.3. The van der Waals surface area contributed by atoms with Gasteiger partial charge in [-0.25, -0.2) is 4.79 Å². The van der Waals surface area contributed by atoms with Crippen LogP contribution in [0.1, 0.15) is 13.8 Å². The quantitative estimate of drug-likeness (QED) is 0.357. The van der Waals surface area contributed by atoms with Crippen molar-refractivity contribution in [3.8, 4) is 11.5 Å². The number of morpholine rings is 1. The van der Waals surface area contributed by atoms with Crippen LogP contribution < -0.4 is 15.4 Å². The van der Waals surface area contributed by atoms with E-state index in [4.69, 9.17) is 9.47 Å². The molecular formula is C28H31N5O3. The molecule has 1 fully saturated rings. The minimum atomic E-state index is -0.311. The summed E-state index contributed by atoms with van der Waals surface area (Å²) in [6.07, 6.45) is 2.54. The Morgan fingerprint density at radius 1 is 0.917 bits per heavy atom. The number of nitrogens with zero attached hydrogens (tertiary/aromatic N) is 3. The molecule has 5 rings (SSSR count). The topological polar surface area (TPSA) is 80.7 Å². The SMILES string of the molecule is CC1CN(CCn2cc3cc(NC(=O)Nc4ccc(Oc5ccccc5)cc4)ccc3n2)CC(C)O1. The highest BCUT2D eigenvalue weighted by Crippen LogP contribution is 2.23. The van der Waals surface area contributed by atoms with E-state index in [-0.39, 0.29) is 18.2 Å². The Morgan fingerprint density at radius 2 is 1.58 bits per heavy atom. The van der Waals surface area contributed by atoms with E-state index in [9.17, 15) is 4.79 Å². The third-order valence-corrected chi connectivity index (χ3v) is 6.04. The van der Waals surface area contributed by atoms with Crippen molar-refractivity contribution in [1.29, 1.82) is 0 Å². The van der Waals surface area contributed by atoms with Crippen molar-refractivity contribution in [3.05, 3.63) is 79.0 Å². The number of hydrogen-bond acceptors (Lipinski definition) is 5. The number of rotatable bonds is 7. The Kier molecular flexibility index (Phi) is 7.16. The number of benzene rings is 3. The lowest BCUT2D eigenvalue weighted by Crippen LogP contribution is -2.46. The summed E-state index contributed by atoms with van der Waals surface area (Å²) in [5.41, 5.74) is 2.28. The molecule has 0 aliphatic carbocycles. The van der Waals surface area contributed by atoms with E-state index in [1.54, 1.807) is 12.1 Å². The average Bonchev–Trinajstić information content (AvgIpc) is 3.26. The highest BCUT2D eigenvalue weighted by molar-refractivity contribution is 6.00. The Balaban J connectivity index is 1.15. The van der Waals surface area contributed by atoms with Crippen molar-refractivity contribution in [3.63, 3.8) is 0 Å². The van der Waals surface area contributed by atoms with Gasteiger partial charge >= 0.3 is 6.03 Å². The number of nitrogens with one attached hydrogen (secondary N) is 2. The lowest BCUT2D eigenvalue weighted by molar-refractivity contribution is -0.0687. The molecule has 2 atom stereocenters. The molecule has 1 saturated heterocycles. The maximum atomic E-state index is 12.5. The summed E-state index contributed by atoms with van der Waals surface area (Å²) in [7, 11) is 0. The van der Waals surface area contributed by atoms with Gasteiger partial charge in [0.05, 0.1) is 24.3 Å². The predicted octanol–water partition coefficient (Wildman–Crippen LogP) is 5.58. The van der Waals surface area contributed by atoms with Crippen LogP contribution in [0.5, 0.6) is 11.5 Å². The number of ether oxygens (including phenoxy) is 2. The summed E-state index contributed by atoms with van der Waals surface area (Å²) in [5.74, 6) is 1.47. The molecule has 0 spiro atoms. The van der Waals surface area contributed by atoms with Gasteiger partial charge in [0.1, 0.15) is 11.5 Å². The van der Waals surface area contributed by atoms with Crippen molar-refractivity contribution in [2.45, 2.75) is 32.6 Å². The van der Waals surface area contributed by atoms with Crippen molar-refractivity contribution in [2.75, 3.05) is 30.3 Å². The Bertz CT molecular complexity index is 1300. The summed E-state index contributed by atoms with van der Waals surface area (Å²) in [6.45, 7) is 7.85. The van der Waals surface area contributed by atoms with E-state index in [0.717, 1.165) is 42.8 Å². The third kappa shape index (κ3) is 6.21. The van der Waals surface area contributed by atoms with Crippen molar-refractivity contribution >= 4 is 28.3 Å². The number of carbonyl (C=O) groups is 1. The third-order valence-electron chi connectivity index (χ3n) is 6.04. The van der Waals surface area contributed by atoms with Gasteiger partial charge in [-0.3, -0.25) is 9.58 Å². The molecule has 3 aromatic carbocycles. The van der Waals surface area contributed by atoms with Crippen LogP contribution in [0.15, 0.2) is 79.0 Å². The second-order valence-corrected chi connectivity index (χ2v) is 9.20. The van der Waals surface area contributed by atoms with Gasteiger partial charge in [-0.1, -0.05) is 18.2 Å². The van der Waals surface area contributed by atoms with Gasteiger partial charge in [0.15, 0.2) is 0 Å². The first-order chi connectivity index (χ1) is 17.5. The molecule has 8 nitrogen and oxygen atoms in total. The molecule has 0 saturated carbocycles. The Morgan fingerprint density at radius 3 is 2.33 bits per heavy atom. The van der Waals surface area contributed by atoms with E-state index in [1.165, 1.54) is 0 Å². The first-order valence-corrected chi connectivity index (χ1v) is 12.3. The molecule has 1 aliphatic heterocycles. The van der Waals surface area contributed by atoms with Crippen LogP contribution in [0.2, 0.25) is 0 Å². The van der Waals surface area contributed by atoms with Gasteiger partial charge in [-0.15, -0.1) is 0 Å². The van der Waals surface area contributed by atoms with Crippen LogP contribution in [0.3, 0.4) is 0 Å². The zero-order chi connectivity index (χ0) is 24.9. The number of anilines is 2. The van der Waals surface area contributed by atoms with Gasteiger partial charge in [-0.2, -0.15) is 5.10 Å². The van der Waals surface area contributed by atoms with Gasteiger partial charge in [0.2, 0.25) is 0 Å². The molecule has 1 aromatic heterocycles. The number of urea groups is 1. The zero-order valence-corrected chi connectivity index (χ0v) is 20.6. The maximum absolute atomic E-state index is 12.5. The lowest BCUT2D eigenvalue weighted by Gasteiger charge is -2.35. The molecule has 2 N–H and O–H groups in total. The number of hydrogen-bond donors (Lipinski definition) is 2. The maximum Gasteiger partial charge on any atom is 0.323 e. The van der Waals surface area contributed by atoms with Crippen LogP contribution >= 0.6 is 0 Å². The molecule has 2 amide bonds. The minimum Gasteiger partial charge on any atom is -0.457 e. The number of carbonyl (C=O) groups excluding carboxylic acids is 1. The second-order valence-electron chi connectivity index (χ2n) is 9.20. The zero-order valence-electron chi connectivity index (χ0n) is 20.6. The molecular weight excluding hydrogens is 454 g/mol. The molecule has 36 heavy (non-hydrogen) atoms. The van der Waals surface area contributed by atoms with Crippen LogP contribution in [0.25, 0.3) is 10.9 Å². The smallest absolute Gasteiger partial charge is 0.323 e. The van der Waals surface area contributed by atoms with Gasteiger partial charge in [0.25, 0.3) is 0 Å². The minimum absolute atomic E-state index is 0.255. The van der Waals surface area contributed by atoms with E-state index < -0.39 is 0 Å². The number of para-hydroxylation sites is 1. The van der Waals surface area contributed by atoms with Gasteiger partial charge in [0, 0.05) is 42.6 Å². The highest BCUT2D eigenvalue weighted by Gasteiger charge is 2.21. The van der Waals surface area contributed by atoms with E-state index >= 15 is 0 Å². The van der Waals surface area contributed by atoms with Crippen molar-refractivity contribution in [2.24, 2.45) is 0 Å². The standard InChI is InChI=1S/C28H31N5O3/c1-20-17-32(18-21(2)35-20)14-15-33-19-22-16-24(10-13-27(22)31-33)30-28(34)29-23-8-11-26(12-9-23)36-25-6-4-3-5-7-25/h3-13,16,19-21H,14-15,17-18H2,1-2H3,(H2,29,30,34). The molecule has 2 unspecified atom stereocenters. The number of fused-ring (bicyclic) bond motifs is 1. The summed E-state index contributed by atoms with van der Waals surface area (Å²) in [6, 6.07) is 22.2. The molecule has 8 heteroatoms. The second kappa shape index (κ2) is 10.8. The van der Waals surface area contributed by atoms with Gasteiger partial charge in [-0.05, 0) is 68.4 Å². The number of aromatic nitrogens is 2. The molecule has 1 aliphatic rings. The molecule has 2 heterocycles. The summed E-state index contributed by atoms with van der Waals surface area (Å²) >= 11 is 0. The Labute approximate surface area is 210 Å². The first kappa shape index (κ1) is 23.8. The fourth-order valence-corrected chi connectivity index (χ4v) is 4.50. The lowest BCUT2D eigenvalue weighted by atomic mass is 10.2. The summed E-state index contributed by atoms with van der Waals surface area (Å²) in [4.78, 5) is 15.0. The van der Waals surface area contributed by atoms with E-state index in [2.05, 4.69) is 34.5 Å². The molecule has 4 aromatic rings. The summed E-state index contributed by atoms with van der Waals surface area (Å²) in [5, 5.41) is 11.4. The highest BCUT2D eigenvalue weighted by atomic mass is 16.5. The van der Waals surface area contributed by atoms with E-state index in [0.29, 0.717) is 17.1 Å². The van der Waals surface area contributed by atoms with Crippen molar-refractivity contribution < 1.29 is 14.3 Å². The number of amides is 2. The monoisotopic (exact) mass is 485 g/mol. The van der Waals surface area contributed by atoms with Crippen LogP contribution in [0.4, 0.5) is 16.2 Å². The normalized spacial score (nSPS) is 18.2. The van der Waals surface area contributed by atoms with Crippen molar-refractivity contribution in [1.82, 2.24) is 14.7 Å². The van der Waals surface area contributed by atoms with Crippen LogP contribution in [-0.2, 0) is 11.3 Å². The fourth-order valence-electron chi connectivity index (χ4n) is 4.50. The predicted molar refractivity (Wildman–Crippen MR) is 142 cm³/mol. The Hall–Kier alpha value is -3.88.